The van der Waals surface area contributed by atoms with Gasteiger partial charge in [0, 0.05) is 0 Å². The molecule has 2 aliphatic heterocycles. The molecule has 28 heavy (non-hydrogen) atoms. The summed E-state index contributed by atoms with van der Waals surface area (Å²) < 4.78 is 15.7. The third kappa shape index (κ3) is 3.58. The van der Waals surface area contributed by atoms with Crippen molar-refractivity contribution < 1.29 is 65.0 Å². The van der Waals surface area contributed by atoms with Crippen LogP contribution >= 0.6 is 0 Å². The Bertz CT molecular complexity index is 556. The van der Waals surface area contributed by atoms with Crippen LogP contribution < -0.4 is 0 Å². The Morgan fingerprint density at radius 2 is 1.46 bits per heavy atom. The van der Waals surface area contributed by atoms with Gasteiger partial charge in [-0.1, -0.05) is 0 Å². The summed E-state index contributed by atoms with van der Waals surface area (Å²) in [6.45, 7) is -2.00. The number of aliphatic hydroxyl groups excluding tert-OH is 9. The molecule has 0 aromatic carbocycles. The first-order valence-electron chi connectivity index (χ1n) is 8.52. The zero-order chi connectivity index (χ0) is 21.4. The Hall–Kier alpha value is -0.810. The summed E-state index contributed by atoms with van der Waals surface area (Å²) in [6.07, 6.45) is -15.2. The highest BCUT2D eigenvalue weighted by Crippen LogP contribution is 2.41. The molecule has 9 N–H and O–H groups in total. The summed E-state index contributed by atoms with van der Waals surface area (Å²) in [4.78, 5) is 12.7. The predicted molar refractivity (Wildman–Crippen MR) is 84.3 cm³/mol. The van der Waals surface area contributed by atoms with Gasteiger partial charge in [0.15, 0.2) is 0 Å². The number of carbonyl (C=O) groups excluding carboxylic acids is 1. The molecule has 0 aliphatic carbocycles. The van der Waals surface area contributed by atoms with Gasteiger partial charge in [0.2, 0.25) is 11.6 Å². The van der Waals surface area contributed by atoms with Gasteiger partial charge in [-0.3, -0.25) is 4.79 Å². The summed E-state index contributed by atoms with van der Waals surface area (Å²) in [5.74, 6) is -7.04. The second kappa shape index (κ2) is 8.51. The van der Waals surface area contributed by atoms with Gasteiger partial charge in [0.05, 0.1) is 13.2 Å². The van der Waals surface area contributed by atoms with Crippen LogP contribution in [0.3, 0.4) is 0 Å². The first kappa shape index (κ1) is 23.5. The molecule has 0 saturated carbocycles. The summed E-state index contributed by atoms with van der Waals surface area (Å²) in [6, 6.07) is 0. The van der Waals surface area contributed by atoms with Gasteiger partial charge in [-0.05, 0) is 6.92 Å². The van der Waals surface area contributed by atoms with E-state index in [-0.39, 0.29) is 0 Å². The van der Waals surface area contributed by atoms with Crippen LogP contribution in [-0.4, -0.2) is 132 Å². The molecule has 2 saturated heterocycles. The highest BCUT2D eigenvalue weighted by molar-refractivity contribution is 5.90. The highest BCUT2D eigenvalue weighted by atomic mass is 16.8. The molecule has 2 aliphatic rings. The van der Waals surface area contributed by atoms with Gasteiger partial charge in [0.1, 0.15) is 55.4 Å². The molecule has 0 spiro atoms. The van der Waals surface area contributed by atoms with E-state index in [0.29, 0.717) is 0 Å². The van der Waals surface area contributed by atoms with Crippen LogP contribution in [0.25, 0.3) is 0 Å². The summed E-state index contributed by atoms with van der Waals surface area (Å²) in [5, 5.41) is 88.7. The van der Waals surface area contributed by atoms with E-state index in [1.165, 1.54) is 0 Å². The van der Waals surface area contributed by atoms with Crippen molar-refractivity contribution in [3.05, 3.63) is 0 Å². The van der Waals surface area contributed by atoms with Crippen LogP contribution in [-0.2, 0) is 19.0 Å². The Labute approximate surface area is 158 Å². The second-order valence-electron chi connectivity index (χ2n) is 6.82. The quantitative estimate of drug-likeness (QED) is 0.189. The molecule has 2 heterocycles. The predicted octanol–water partition coefficient (Wildman–Crippen LogP) is -6.08. The lowest BCUT2D eigenvalue weighted by molar-refractivity contribution is -0.417. The number of Topliss-reactive ketones (excluding diaryl/α,β-unsaturated/α-hetero) is 1. The van der Waals surface area contributed by atoms with Crippen molar-refractivity contribution in [1.29, 1.82) is 0 Å². The molecular weight excluding hydrogens is 388 g/mol. The molecule has 0 amide bonds. The van der Waals surface area contributed by atoms with Crippen LogP contribution in [0.2, 0.25) is 0 Å². The van der Waals surface area contributed by atoms with E-state index >= 15 is 0 Å². The number of aliphatic hydroxyl groups is 9. The van der Waals surface area contributed by atoms with Crippen molar-refractivity contribution in [2.24, 2.45) is 0 Å². The van der Waals surface area contributed by atoms with E-state index in [1.807, 2.05) is 0 Å². The van der Waals surface area contributed by atoms with Gasteiger partial charge in [-0.2, -0.15) is 0 Å². The molecule has 0 aromatic heterocycles. The zero-order valence-electron chi connectivity index (χ0n) is 14.9. The molecule has 2 unspecified atom stereocenters. The number of rotatable bonds is 7. The Morgan fingerprint density at radius 3 is 1.89 bits per heavy atom. The normalized spacial score (nSPS) is 47.9. The molecule has 13 nitrogen and oxygen atoms in total. The van der Waals surface area contributed by atoms with Crippen LogP contribution in [0.5, 0.6) is 0 Å². The number of hydrogen-bond acceptors (Lipinski definition) is 13. The fraction of sp³-hybridized carbons (Fsp3) is 0.933. The minimum atomic E-state index is -3.02. The number of hydrogen-bond donors (Lipinski definition) is 9. The maximum Gasteiger partial charge on any atom is 0.264 e. The van der Waals surface area contributed by atoms with Crippen molar-refractivity contribution in [1.82, 2.24) is 0 Å². The van der Waals surface area contributed by atoms with E-state index in [0.717, 1.165) is 6.92 Å². The molecule has 2 rings (SSSR count). The van der Waals surface area contributed by atoms with Crippen molar-refractivity contribution in [2.75, 3.05) is 19.8 Å². The molecule has 13 heteroatoms. The van der Waals surface area contributed by atoms with Crippen LogP contribution in [0.1, 0.15) is 6.92 Å². The lowest BCUT2D eigenvalue weighted by Crippen LogP contribution is -2.73. The Kier molecular flexibility index (Phi) is 7.13. The van der Waals surface area contributed by atoms with Gasteiger partial charge in [0.25, 0.3) is 5.79 Å². The van der Waals surface area contributed by atoms with Gasteiger partial charge in [-0.15, -0.1) is 0 Å². The largest absolute Gasteiger partial charge is 0.394 e. The first-order valence-corrected chi connectivity index (χ1v) is 8.52. The van der Waals surface area contributed by atoms with Crippen molar-refractivity contribution in [2.45, 2.75) is 67.3 Å². The van der Waals surface area contributed by atoms with Gasteiger partial charge >= 0.3 is 0 Å². The van der Waals surface area contributed by atoms with Crippen molar-refractivity contribution in [3.8, 4) is 0 Å². The molecule has 0 bridgehead atoms. The number of carbonyl (C=O) groups is 1. The summed E-state index contributed by atoms with van der Waals surface area (Å²) in [5.41, 5.74) is 0. The van der Waals surface area contributed by atoms with Crippen molar-refractivity contribution in [3.63, 3.8) is 0 Å². The maximum absolute atomic E-state index is 12.7. The summed E-state index contributed by atoms with van der Waals surface area (Å²) >= 11 is 0. The standard InChI is InChI=1S/C15H26O13/c1-5(19)11(23)15(13(25)10(22)8(20)6(2-16)27-15)28-14(4-18)12(24)9(21)7(3-17)26-14/h5-10,12-13,16-22,24-25H,2-4H2,1H3/t5?,6-,7-,8-,9-,10+,12+,13-,14?,15+/m1/s1. The smallest absolute Gasteiger partial charge is 0.264 e. The van der Waals surface area contributed by atoms with E-state index in [4.69, 9.17) is 14.2 Å². The summed E-state index contributed by atoms with van der Waals surface area (Å²) in [7, 11) is 0. The lowest BCUT2D eigenvalue weighted by atomic mass is 9.88. The Morgan fingerprint density at radius 1 is 0.929 bits per heavy atom. The average Bonchev–Trinajstić information content (AvgIpc) is 2.92. The Balaban J connectivity index is 2.53. The first-order chi connectivity index (χ1) is 13.0. The minimum Gasteiger partial charge on any atom is -0.394 e. The van der Waals surface area contributed by atoms with E-state index < -0.39 is 86.0 Å². The van der Waals surface area contributed by atoms with E-state index in [2.05, 4.69) is 0 Å². The molecular formula is C15H26O13. The second-order valence-corrected chi connectivity index (χ2v) is 6.82. The SMILES string of the molecule is CC(O)C(=O)[C@@]1(OC2(CO)O[C@H](CO)[C@@H](O)[C@@H]2O)O[C@H](CO)[C@@H](O)[C@H](O)[C@H]1O. The fourth-order valence-corrected chi connectivity index (χ4v) is 3.28. The molecule has 2 fully saturated rings. The fourth-order valence-electron chi connectivity index (χ4n) is 3.28. The third-order valence-electron chi connectivity index (χ3n) is 4.90. The zero-order valence-corrected chi connectivity index (χ0v) is 14.9. The van der Waals surface area contributed by atoms with Gasteiger partial charge in [-0.25, -0.2) is 0 Å². The van der Waals surface area contributed by atoms with E-state index in [1.54, 1.807) is 0 Å². The molecule has 0 aromatic rings. The highest BCUT2D eigenvalue weighted by Gasteiger charge is 2.66. The topological polar surface area (TPSA) is 227 Å². The van der Waals surface area contributed by atoms with Gasteiger partial charge < -0.3 is 60.2 Å². The third-order valence-corrected chi connectivity index (χ3v) is 4.90. The van der Waals surface area contributed by atoms with Crippen LogP contribution in [0, 0.1) is 0 Å². The molecule has 164 valence electrons. The van der Waals surface area contributed by atoms with Crippen LogP contribution in [0.4, 0.5) is 0 Å². The number of ether oxygens (including phenoxy) is 3. The van der Waals surface area contributed by atoms with E-state index in [9.17, 15) is 50.8 Å². The number of ketones is 1. The minimum absolute atomic E-state index is 0.815. The maximum atomic E-state index is 12.7. The average molecular weight is 414 g/mol. The lowest BCUT2D eigenvalue weighted by Gasteiger charge is -2.50. The molecule has 10 atom stereocenters. The van der Waals surface area contributed by atoms with Crippen molar-refractivity contribution >= 4 is 5.78 Å². The van der Waals surface area contributed by atoms with Crippen LogP contribution in [0.15, 0.2) is 0 Å². The monoisotopic (exact) mass is 414 g/mol. The molecule has 0 radical (unpaired) electrons.